The highest BCUT2D eigenvalue weighted by Crippen LogP contribution is 2.39. The Labute approximate surface area is 248 Å². The predicted octanol–water partition coefficient (Wildman–Crippen LogP) is 7.11. The van der Waals surface area contributed by atoms with Crippen molar-refractivity contribution in [3.05, 3.63) is 93.8 Å². The van der Waals surface area contributed by atoms with Crippen molar-refractivity contribution in [1.29, 1.82) is 0 Å². The number of amides is 2. The van der Waals surface area contributed by atoms with E-state index in [2.05, 4.69) is 5.32 Å². The van der Waals surface area contributed by atoms with Crippen LogP contribution in [-0.2, 0) is 22.6 Å². The van der Waals surface area contributed by atoms with Gasteiger partial charge in [0.15, 0.2) is 11.5 Å². The van der Waals surface area contributed by atoms with Crippen molar-refractivity contribution in [3.8, 4) is 22.8 Å². The lowest BCUT2D eigenvalue weighted by Gasteiger charge is -2.45. The summed E-state index contributed by atoms with van der Waals surface area (Å²) in [5, 5.41) is 6.53. The molecule has 4 aromatic rings. The average Bonchev–Trinajstić information content (AvgIpc) is 3.67. The van der Waals surface area contributed by atoms with E-state index in [1.807, 2.05) is 60.0 Å². The smallest absolute Gasteiger partial charge is 0.250 e. The molecule has 0 radical (unpaired) electrons. The van der Waals surface area contributed by atoms with Crippen LogP contribution in [0.2, 0.25) is 5.02 Å². The topological polar surface area (TPSA) is 80.8 Å². The fraction of sp³-hybridized carbons (Fsp3) is 0.281. The van der Waals surface area contributed by atoms with Crippen LogP contribution in [0.4, 0.5) is 5.69 Å². The summed E-state index contributed by atoms with van der Waals surface area (Å²) in [5.74, 6) is 0.958. The van der Waals surface area contributed by atoms with E-state index in [9.17, 15) is 9.59 Å². The molecular weight excluding hydrogens is 558 g/mol. The molecule has 3 aromatic carbocycles. The van der Waals surface area contributed by atoms with Crippen molar-refractivity contribution in [2.24, 2.45) is 0 Å². The molecule has 7 nitrogen and oxygen atoms in total. The number of carbonyl (C=O) groups excluding carboxylic acids is 2. The molecule has 0 atom stereocenters. The van der Waals surface area contributed by atoms with E-state index in [1.165, 1.54) is 11.3 Å². The molecule has 6 rings (SSSR count). The van der Waals surface area contributed by atoms with Gasteiger partial charge in [0.25, 0.3) is 0 Å². The predicted molar refractivity (Wildman–Crippen MR) is 160 cm³/mol. The van der Waals surface area contributed by atoms with Crippen LogP contribution in [0.15, 0.2) is 78.2 Å². The Bertz CT molecular complexity index is 1530. The normalized spacial score (nSPS) is 15.3. The Balaban J connectivity index is 1.33. The second-order valence-electron chi connectivity index (χ2n) is 10.4. The highest BCUT2D eigenvalue weighted by molar-refractivity contribution is 7.09. The molecule has 1 saturated carbocycles. The number of nitrogens with zero attached hydrogens (tertiary/aromatic N) is 2. The standard InChI is InChI=1S/C32H30ClN3O4S/c33-24-11-9-23(10-12-24)26-20-41-29(35-26)19-36(30(37)17-22-7-3-1-4-8-22)32(15-5-2-6-16-32)31(38)34-25-13-14-27-28(18-25)40-21-39-27/h1,3-4,7-14,18,20H,2,5-6,15-17,19,21H2,(H,34,38). The Morgan fingerprint density at radius 3 is 2.49 bits per heavy atom. The number of hydrogen-bond acceptors (Lipinski definition) is 6. The molecule has 41 heavy (non-hydrogen) atoms. The van der Waals surface area contributed by atoms with Gasteiger partial charge in [-0.15, -0.1) is 11.3 Å². The van der Waals surface area contributed by atoms with Gasteiger partial charge in [-0.2, -0.15) is 0 Å². The van der Waals surface area contributed by atoms with Gasteiger partial charge in [-0.3, -0.25) is 9.59 Å². The third kappa shape index (κ3) is 5.94. The van der Waals surface area contributed by atoms with E-state index in [4.69, 9.17) is 26.1 Å². The van der Waals surface area contributed by atoms with E-state index in [-0.39, 0.29) is 31.6 Å². The SMILES string of the molecule is O=C(Cc1ccccc1)N(Cc1nc(-c2ccc(Cl)cc2)cs1)C1(C(=O)Nc2ccc3c(c2)OCO3)CCCCC1. The molecule has 1 aliphatic heterocycles. The molecule has 0 spiro atoms. The van der Waals surface area contributed by atoms with Gasteiger partial charge in [-0.05, 0) is 42.7 Å². The number of halogens is 1. The molecule has 9 heteroatoms. The Hall–Kier alpha value is -3.88. The van der Waals surface area contributed by atoms with Crippen LogP contribution in [-0.4, -0.2) is 34.0 Å². The number of hydrogen-bond donors (Lipinski definition) is 1. The summed E-state index contributed by atoms with van der Waals surface area (Å²) in [7, 11) is 0. The van der Waals surface area contributed by atoms with Gasteiger partial charge in [-0.25, -0.2) is 4.98 Å². The Morgan fingerprint density at radius 2 is 1.71 bits per heavy atom. The first-order valence-electron chi connectivity index (χ1n) is 13.8. The molecule has 2 heterocycles. The summed E-state index contributed by atoms with van der Waals surface area (Å²) < 4.78 is 10.9. The van der Waals surface area contributed by atoms with Gasteiger partial charge < -0.3 is 19.7 Å². The lowest BCUT2D eigenvalue weighted by Crippen LogP contribution is -2.60. The van der Waals surface area contributed by atoms with Gasteiger partial charge in [0.2, 0.25) is 18.6 Å². The number of thiazole rings is 1. The molecule has 1 N–H and O–H groups in total. The minimum atomic E-state index is -1.01. The van der Waals surface area contributed by atoms with Crippen LogP contribution < -0.4 is 14.8 Å². The molecule has 0 unspecified atom stereocenters. The number of benzene rings is 3. The van der Waals surface area contributed by atoms with E-state index < -0.39 is 5.54 Å². The first-order valence-corrected chi connectivity index (χ1v) is 15.0. The molecule has 1 aromatic heterocycles. The van der Waals surface area contributed by atoms with Crippen molar-refractivity contribution in [2.75, 3.05) is 12.1 Å². The van der Waals surface area contributed by atoms with Gasteiger partial charge >= 0.3 is 0 Å². The zero-order valence-corrected chi connectivity index (χ0v) is 24.0. The second-order valence-corrected chi connectivity index (χ2v) is 11.8. The molecule has 2 aliphatic rings. The number of rotatable bonds is 8. The fourth-order valence-electron chi connectivity index (χ4n) is 5.59. The molecule has 1 fully saturated rings. The maximum atomic E-state index is 14.2. The number of nitrogens with one attached hydrogen (secondary N) is 1. The summed E-state index contributed by atoms with van der Waals surface area (Å²) in [5.41, 5.74) is 2.28. The van der Waals surface area contributed by atoms with Crippen LogP contribution in [0.1, 0.15) is 42.7 Å². The quantitative estimate of drug-likeness (QED) is 0.238. The first kappa shape index (κ1) is 27.3. The number of aromatic nitrogens is 1. The summed E-state index contributed by atoms with van der Waals surface area (Å²) in [4.78, 5) is 35.0. The monoisotopic (exact) mass is 587 g/mol. The summed E-state index contributed by atoms with van der Waals surface area (Å²) in [6, 6.07) is 22.6. The number of ether oxygens (including phenoxy) is 2. The lowest BCUT2D eigenvalue weighted by molar-refractivity contribution is -0.148. The molecule has 0 saturated heterocycles. The summed E-state index contributed by atoms with van der Waals surface area (Å²) >= 11 is 7.57. The highest BCUT2D eigenvalue weighted by Gasteiger charge is 2.47. The van der Waals surface area contributed by atoms with Crippen molar-refractivity contribution in [2.45, 2.75) is 50.6 Å². The third-order valence-corrected chi connectivity index (χ3v) is 8.82. The number of fused-ring (bicyclic) bond motifs is 1. The maximum absolute atomic E-state index is 14.2. The highest BCUT2D eigenvalue weighted by atomic mass is 35.5. The zero-order valence-electron chi connectivity index (χ0n) is 22.5. The molecule has 2 amide bonds. The van der Waals surface area contributed by atoms with E-state index in [1.54, 1.807) is 23.1 Å². The zero-order chi connectivity index (χ0) is 28.2. The average molecular weight is 588 g/mol. The molecular formula is C32H30ClN3O4S. The third-order valence-electron chi connectivity index (χ3n) is 7.73. The lowest BCUT2D eigenvalue weighted by atomic mass is 9.78. The van der Waals surface area contributed by atoms with Crippen LogP contribution >= 0.6 is 22.9 Å². The van der Waals surface area contributed by atoms with Crippen molar-refractivity contribution >= 4 is 40.4 Å². The van der Waals surface area contributed by atoms with Gasteiger partial charge in [-0.1, -0.05) is 73.3 Å². The van der Waals surface area contributed by atoms with E-state index in [0.29, 0.717) is 35.1 Å². The number of anilines is 1. The van der Waals surface area contributed by atoms with Gasteiger partial charge in [0, 0.05) is 27.7 Å². The molecule has 1 aliphatic carbocycles. The van der Waals surface area contributed by atoms with Gasteiger partial charge in [0.05, 0.1) is 18.7 Å². The Morgan fingerprint density at radius 1 is 0.951 bits per heavy atom. The van der Waals surface area contributed by atoms with Crippen LogP contribution in [0.3, 0.4) is 0 Å². The summed E-state index contributed by atoms with van der Waals surface area (Å²) in [6.45, 7) is 0.405. The molecule has 210 valence electrons. The molecule has 0 bridgehead atoms. The second kappa shape index (κ2) is 11.9. The maximum Gasteiger partial charge on any atom is 0.250 e. The van der Waals surface area contributed by atoms with Gasteiger partial charge in [0.1, 0.15) is 10.5 Å². The van der Waals surface area contributed by atoms with Crippen LogP contribution in [0.5, 0.6) is 11.5 Å². The van der Waals surface area contributed by atoms with Crippen LogP contribution in [0, 0.1) is 0 Å². The Kier molecular flexibility index (Phi) is 7.94. The number of carbonyl (C=O) groups is 2. The van der Waals surface area contributed by atoms with Crippen molar-refractivity contribution < 1.29 is 19.1 Å². The summed E-state index contributed by atoms with van der Waals surface area (Å²) in [6.07, 6.45) is 4.11. The largest absolute Gasteiger partial charge is 0.454 e. The first-order chi connectivity index (χ1) is 20.0. The van der Waals surface area contributed by atoms with E-state index >= 15 is 0 Å². The van der Waals surface area contributed by atoms with Crippen LogP contribution in [0.25, 0.3) is 11.3 Å². The minimum absolute atomic E-state index is 0.0952. The minimum Gasteiger partial charge on any atom is -0.454 e. The van der Waals surface area contributed by atoms with Crippen molar-refractivity contribution in [3.63, 3.8) is 0 Å². The van der Waals surface area contributed by atoms with E-state index in [0.717, 1.165) is 41.1 Å². The fourth-order valence-corrected chi connectivity index (χ4v) is 6.51. The van der Waals surface area contributed by atoms with Crippen molar-refractivity contribution in [1.82, 2.24) is 9.88 Å².